The highest BCUT2D eigenvalue weighted by Gasteiger charge is 2.31. The normalized spacial score (nSPS) is 20.2. The second-order valence-electron chi connectivity index (χ2n) is 8.95. The summed E-state index contributed by atoms with van der Waals surface area (Å²) in [7, 11) is -1.85. The van der Waals surface area contributed by atoms with Gasteiger partial charge in [0.05, 0.1) is 4.90 Å². The zero-order valence-electron chi connectivity index (χ0n) is 18.9. The van der Waals surface area contributed by atoms with E-state index in [1.165, 1.54) is 21.1 Å². The molecule has 0 radical (unpaired) electrons. The van der Waals surface area contributed by atoms with Crippen LogP contribution < -0.4 is 5.69 Å². The Balaban J connectivity index is 1.52. The maximum Gasteiger partial charge on any atom is 0.345 e. The molecule has 0 N–H and O–H groups in total. The van der Waals surface area contributed by atoms with Gasteiger partial charge in [-0.2, -0.15) is 9.40 Å². The van der Waals surface area contributed by atoms with Crippen molar-refractivity contribution < 1.29 is 13.2 Å². The van der Waals surface area contributed by atoms with E-state index in [-0.39, 0.29) is 28.5 Å². The van der Waals surface area contributed by atoms with E-state index >= 15 is 0 Å². The van der Waals surface area contributed by atoms with Crippen molar-refractivity contribution in [2.45, 2.75) is 56.4 Å². The van der Waals surface area contributed by atoms with Crippen molar-refractivity contribution in [1.29, 1.82) is 0 Å². The van der Waals surface area contributed by atoms with Gasteiger partial charge in [0.2, 0.25) is 10.0 Å². The van der Waals surface area contributed by atoms with Crippen molar-refractivity contribution in [3.05, 3.63) is 46.1 Å². The minimum absolute atomic E-state index is 0.0117. The number of nitrogens with zero attached hydrogens (tertiary/aromatic N) is 5. The number of piperidine rings is 1. The monoisotopic (exact) mass is 461 g/mol. The van der Waals surface area contributed by atoms with Gasteiger partial charge >= 0.3 is 5.69 Å². The molecule has 2 aliphatic heterocycles. The fourth-order valence-electron chi connectivity index (χ4n) is 4.66. The molecule has 1 amide bonds. The number of likely N-dealkylation sites (tertiary alicyclic amines) is 1. The van der Waals surface area contributed by atoms with Crippen LogP contribution in [0.1, 0.15) is 67.7 Å². The molecule has 4 rings (SSSR count). The van der Waals surface area contributed by atoms with Crippen LogP contribution in [0.15, 0.2) is 34.0 Å². The third-order valence-electron chi connectivity index (χ3n) is 6.38. The van der Waals surface area contributed by atoms with Gasteiger partial charge in [-0.25, -0.2) is 17.9 Å². The summed E-state index contributed by atoms with van der Waals surface area (Å²) < 4.78 is 30.0. The Morgan fingerprint density at radius 1 is 1.06 bits per heavy atom. The summed E-state index contributed by atoms with van der Waals surface area (Å²) in [5, 5.41) is 4.46. The molecular weight excluding hydrogens is 430 g/mol. The third-order valence-corrected chi connectivity index (χ3v) is 8.29. The molecule has 2 aromatic rings. The number of hydrogen-bond donors (Lipinski definition) is 0. The van der Waals surface area contributed by atoms with Crippen LogP contribution in [0.25, 0.3) is 0 Å². The van der Waals surface area contributed by atoms with E-state index in [1.807, 2.05) is 13.8 Å². The number of aromatic nitrogens is 3. The van der Waals surface area contributed by atoms with Gasteiger partial charge in [-0.15, -0.1) is 0 Å². The first-order valence-electron chi connectivity index (χ1n) is 11.2. The van der Waals surface area contributed by atoms with Crippen molar-refractivity contribution in [3.8, 4) is 0 Å². The molecule has 2 aliphatic rings. The van der Waals surface area contributed by atoms with E-state index in [9.17, 15) is 18.0 Å². The summed E-state index contributed by atoms with van der Waals surface area (Å²) in [6.45, 7) is 6.12. The molecule has 1 unspecified atom stereocenters. The minimum atomic E-state index is -3.50. The first kappa shape index (κ1) is 22.7. The summed E-state index contributed by atoms with van der Waals surface area (Å²) in [5.41, 5.74) is 0.321. The Kier molecular flexibility index (Phi) is 6.26. The topological polar surface area (TPSA) is 97.5 Å². The van der Waals surface area contributed by atoms with Crippen molar-refractivity contribution in [2.75, 3.05) is 26.2 Å². The molecular formula is C22H31N5O4S. The van der Waals surface area contributed by atoms with Gasteiger partial charge in [-0.05, 0) is 63.8 Å². The average molecular weight is 462 g/mol. The van der Waals surface area contributed by atoms with Crippen LogP contribution in [0.3, 0.4) is 0 Å². The minimum Gasteiger partial charge on any atom is -0.338 e. The van der Waals surface area contributed by atoms with Gasteiger partial charge in [-0.3, -0.25) is 9.36 Å². The Bertz CT molecular complexity index is 1140. The van der Waals surface area contributed by atoms with E-state index in [4.69, 9.17) is 0 Å². The van der Waals surface area contributed by atoms with Crippen LogP contribution in [0, 0.1) is 0 Å². The zero-order valence-corrected chi connectivity index (χ0v) is 19.7. The molecule has 9 nitrogen and oxygen atoms in total. The first-order valence-corrected chi connectivity index (χ1v) is 12.7. The first-order chi connectivity index (χ1) is 15.2. The molecule has 0 saturated carbocycles. The van der Waals surface area contributed by atoms with Gasteiger partial charge in [-0.1, -0.05) is 0 Å². The highest BCUT2D eigenvalue weighted by atomic mass is 32.2. The van der Waals surface area contributed by atoms with Gasteiger partial charge in [0, 0.05) is 50.7 Å². The highest BCUT2D eigenvalue weighted by Crippen LogP contribution is 2.28. The molecule has 0 aliphatic carbocycles. The quantitative estimate of drug-likeness (QED) is 0.678. The van der Waals surface area contributed by atoms with Gasteiger partial charge in [0.25, 0.3) is 5.91 Å². The number of carbonyl (C=O) groups excluding carboxylic acids is 1. The molecule has 1 aromatic heterocycles. The number of carbonyl (C=O) groups is 1. The second kappa shape index (κ2) is 8.82. The fourth-order valence-corrected chi connectivity index (χ4v) is 6.18. The van der Waals surface area contributed by atoms with Crippen LogP contribution in [0.5, 0.6) is 0 Å². The molecule has 2 saturated heterocycles. The maximum absolute atomic E-state index is 13.2. The molecule has 32 heavy (non-hydrogen) atoms. The number of aryl methyl sites for hydroxylation is 1. The molecule has 1 aromatic carbocycles. The summed E-state index contributed by atoms with van der Waals surface area (Å²) in [4.78, 5) is 27.6. The van der Waals surface area contributed by atoms with E-state index in [0.717, 1.165) is 31.5 Å². The Labute approximate surface area is 188 Å². The third kappa shape index (κ3) is 4.13. The van der Waals surface area contributed by atoms with Crippen LogP contribution in [-0.2, 0) is 17.1 Å². The summed E-state index contributed by atoms with van der Waals surface area (Å²) in [6, 6.07) is 6.23. The lowest BCUT2D eigenvalue weighted by atomic mass is 9.96. The van der Waals surface area contributed by atoms with Crippen LogP contribution in [0.4, 0.5) is 0 Å². The van der Waals surface area contributed by atoms with Crippen molar-refractivity contribution in [1.82, 2.24) is 23.6 Å². The van der Waals surface area contributed by atoms with Crippen LogP contribution >= 0.6 is 0 Å². The molecule has 10 heteroatoms. The molecule has 1 atom stereocenters. The molecule has 2 fully saturated rings. The number of rotatable bonds is 5. The Morgan fingerprint density at radius 3 is 2.34 bits per heavy atom. The number of sulfonamides is 1. The molecule has 3 heterocycles. The Hall–Kier alpha value is -2.46. The van der Waals surface area contributed by atoms with Crippen molar-refractivity contribution in [3.63, 3.8) is 0 Å². The van der Waals surface area contributed by atoms with Gasteiger partial charge in [0.1, 0.15) is 5.82 Å². The van der Waals surface area contributed by atoms with Crippen molar-refractivity contribution >= 4 is 15.9 Å². The highest BCUT2D eigenvalue weighted by molar-refractivity contribution is 7.89. The zero-order chi connectivity index (χ0) is 23.0. The Morgan fingerprint density at radius 2 is 1.72 bits per heavy atom. The van der Waals surface area contributed by atoms with Crippen LogP contribution in [0.2, 0.25) is 0 Å². The van der Waals surface area contributed by atoms with E-state index in [2.05, 4.69) is 5.10 Å². The predicted molar refractivity (Wildman–Crippen MR) is 120 cm³/mol. The largest absolute Gasteiger partial charge is 0.345 e. The standard InChI is InChI=1S/C22H31N5O4S/c1-16(2)27-20(23-24(3)22(27)29)18-7-6-12-25(15-18)21(28)17-8-10-19(11-9-17)32(30,31)26-13-4-5-14-26/h8-11,16,18H,4-7,12-15H2,1-3H3. The van der Waals surface area contributed by atoms with E-state index < -0.39 is 10.0 Å². The molecule has 0 bridgehead atoms. The fraction of sp³-hybridized carbons (Fsp3) is 0.591. The average Bonchev–Trinajstić information content (AvgIpc) is 3.43. The lowest BCUT2D eigenvalue weighted by Crippen LogP contribution is -2.40. The van der Waals surface area contributed by atoms with Crippen LogP contribution in [-0.4, -0.2) is 64.1 Å². The van der Waals surface area contributed by atoms with Gasteiger partial charge in [0.15, 0.2) is 0 Å². The number of benzene rings is 1. The predicted octanol–water partition coefficient (Wildman–Crippen LogP) is 1.97. The molecule has 0 spiro atoms. The number of amides is 1. The van der Waals surface area contributed by atoms with Crippen molar-refractivity contribution in [2.24, 2.45) is 7.05 Å². The SMILES string of the molecule is CC(C)n1c(C2CCCN(C(=O)c3ccc(S(=O)(=O)N4CCCC4)cc3)C2)nn(C)c1=O. The smallest absolute Gasteiger partial charge is 0.338 e. The van der Waals surface area contributed by atoms with Gasteiger partial charge < -0.3 is 4.90 Å². The summed E-state index contributed by atoms with van der Waals surface area (Å²) in [5.74, 6) is 0.574. The van der Waals surface area contributed by atoms with E-state index in [0.29, 0.717) is 31.7 Å². The molecule has 174 valence electrons. The second-order valence-corrected chi connectivity index (χ2v) is 10.9. The summed E-state index contributed by atoms with van der Waals surface area (Å²) in [6.07, 6.45) is 3.44. The lowest BCUT2D eigenvalue weighted by Gasteiger charge is -2.32. The number of hydrogen-bond acceptors (Lipinski definition) is 5. The van der Waals surface area contributed by atoms with E-state index in [1.54, 1.807) is 28.6 Å². The maximum atomic E-state index is 13.2. The lowest BCUT2D eigenvalue weighted by molar-refractivity contribution is 0.0702. The summed E-state index contributed by atoms with van der Waals surface area (Å²) >= 11 is 0.